The first-order chi connectivity index (χ1) is 12.9. The van der Waals surface area contributed by atoms with Gasteiger partial charge in [-0.3, -0.25) is 14.6 Å². The van der Waals surface area contributed by atoms with Crippen molar-refractivity contribution in [3.63, 3.8) is 0 Å². The van der Waals surface area contributed by atoms with Gasteiger partial charge in [0.15, 0.2) is 0 Å². The van der Waals surface area contributed by atoms with Gasteiger partial charge in [0.25, 0.3) is 11.8 Å². The molecule has 0 atom stereocenters. The number of anilines is 2. The van der Waals surface area contributed by atoms with Crippen LogP contribution in [0, 0.1) is 13.8 Å². The lowest BCUT2D eigenvalue weighted by molar-refractivity contribution is 0.102. The second-order valence-electron chi connectivity index (χ2n) is 6.10. The minimum atomic E-state index is -0.374. The summed E-state index contributed by atoms with van der Waals surface area (Å²) in [7, 11) is 0. The van der Waals surface area contributed by atoms with E-state index in [0.717, 1.165) is 16.8 Å². The highest BCUT2D eigenvalue weighted by Crippen LogP contribution is 2.19. The lowest BCUT2D eigenvalue weighted by Gasteiger charge is -2.10. The molecule has 1 aromatic heterocycles. The predicted octanol–water partition coefficient (Wildman–Crippen LogP) is 4.86. The van der Waals surface area contributed by atoms with Crippen LogP contribution in [0.3, 0.4) is 0 Å². The van der Waals surface area contributed by atoms with Gasteiger partial charge in [-0.2, -0.15) is 0 Å². The number of amides is 2. The summed E-state index contributed by atoms with van der Waals surface area (Å²) >= 11 is 5.93. The Morgan fingerprint density at radius 1 is 0.926 bits per heavy atom. The van der Waals surface area contributed by atoms with E-state index in [-0.39, 0.29) is 17.5 Å². The maximum Gasteiger partial charge on any atom is 0.274 e. The summed E-state index contributed by atoms with van der Waals surface area (Å²) in [5.74, 6) is -0.721. The first-order valence-electron chi connectivity index (χ1n) is 8.34. The second kappa shape index (κ2) is 8.01. The zero-order valence-corrected chi connectivity index (χ0v) is 15.7. The van der Waals surface area contributed by atoms with E-state index in [1.807, 2.05) is 32.0 Å². The topological polar surface area (TPSA) is 71.1 Å². The van der Waals surface area contributed by atoms with Gasteiger partial charge in [-0.25, -0.2) is 0 Å². The molecule has 27 heavy (non-hydrogen) atoms. The average molecular weight is 380 g/mol. The number of halogens is 1. The van der Waals surface area contributed by atoms with Crippen molar-refractivity contribution >= 4 is 34.8 Å². The molecule has 2 amide bonds. The summed E-state index contributed by atoms with van der Waals surface area (Å²) in [4.78, 5) is 29.1. The third kappa shape index (κ3) is 4.51. The van der Waals surface area contributed by atoms with Crippen LogP contribution in [0.1, 0.15) is 32.0 Å². The monoisotopic (exact) mass is 379 g/mol. The molecule has 0 radical (unpaired) electrons. The average Bonchev–Trinajstić information content (AvgIpc) is 2.65. The number of rotatable bonds is 4. The number of benzene rings is 2. The van der Waals surface area contributed by atoms with Crippen LogP contribution < -0.4 is 10.6 Å². The summed E-state index contributed by atoms with van der Waals surface area (Å²) in [6, 6.07) is 15.5. The van der Waals surface area contributed by atoms with Gasteiger partial charge in [0.05, 0.1) is 0 Å². The van der Waals surface area contributed by atoms with Crippen LogP contribution in [0.4, 0.5) is 11.4 Å². The summed E-state index contributed by atoms with van der Waals surface area (Å²) in [5, 5.41) is 6.11. The van der Waals surface area contributed by atoms with Crippen molar-refractivity contribution in [2.75, 3.05) is 10.6 Å². The van der Waals surface area contributed by atoms with Gasteiger partial charge in [-0.15, -0.1) is 0 Å². The summed E-state index contributed by atoms with van der Waals surface area (Å²) in [6.45, 7) is 3.91. The van der Waals surface area contributed by atoms with E-state index in [4.69, 9.17) is 11.6 Å². The van der Waals surface area contributed by atoms with Crippen LogP contribution in [-0.4, -0.2) is 16.8 Å². The molecule has 0 fully saturated rings. The third-order valence-electron chi connectivity index (χ3n) is 4.19. The fourth-order valence-corrected chi connectivity index (χ4v) is 2.73. The lowest BCUT2D eigenvalue weighted by atomic mass is 10.1. The van der Waals surface area contributed by atoms with Crippen molar-refractivity contribution in [1.82, 2.24) is 4.98 Å². The van der Waals surface area contributed by atoms with Crippen LogP contribution in [0.15, 0.2) is 60.8 Å². The number of hydrogen-bond acceptors (Lipinski definition) is 3. The quantitative estimate of drug-likeness (QED) is 0.680. The van der Waals surface area contributed by atoms with Crippen LogP contribution in [0.2, 0.25) is 5.02 Å². The first-order valence-corrected chi connectivity index (χ1v) is 8.72. The molecule has 1 heterocycles. The molecule has 0 saturated heterocycles. The molecular formula is C21H18ClN3O2. The normalized spacial score (nSPS) is 10.3. The molecule has 3 rings (SSSR count). The Labute approximate surface area is 162 Å². The Hall–Kier alpha value is -3.18. The number of nitrogens with one attached hydrogen (secondary N) is 2. The number of carbonyl (C=O) groups is 2. The van der Waals surface area contributed by atoms with Crippen LogP contribution in [0.25, 0.3) is 0 Å². The zero-order chi connectivity index (χ0) is 19.4. The molecular weight excluding hydrogens is 362 g/mol. The summed E-state index contributed by atoms with van der Waals surface area (Å²) in [6.07, 6.45) is 1.44. The number of pyridine rings is 1. The van der Waals surface area contributed by atoms with Gasteiger partial charge in [0.2, 0.25) is 0 Å². The van der Waals surface area contributed by atoms with E-state index in [1.54, 1.807) is 30.3 Å². The fraction of sp³-hybridized carbons (Fsp3) is 0.0952. The molecule has 3 aromatic rings. The summed E-state index contributed by atoms with van der Waals surface area (Å²) in [5.41, 5.74) is 3.85. The number of aromatic nitrogens is 1. The van der Waals surface area contributed by atoms with Gasteiger partial charge in [0, 0.05) is 28.2 Å². The van der Waals surface area contributed by atoms with Crippen LogP contribution in [-0.2, 0) is 0 Å². The fourth-order valence-electron chi connectivity index (χ4n) is 2.54. The molecule has 0 saturated carbocycles. The largest absolute Gasteiger partial charge is 0.322 e. The van der Waals surface area contributed by atoms with Gasteiger partial charge >= 0.3 is 0 Å². The second-order valence-corrected chi connectivity index (χ2v) is 6.53. The lowest BCUT2D eigenvalue weighted by Crippen LogP contribution is -2.17. The SMILES string of the molecule is Cc1cccc(NC(=O)c2cc(C(=O)Nc3cccc(Cl)c3)ccn2)c1C. The molecule has 0 aliphatic rings. The molecule has 2 aromatic carbocycles. The van der Waals surface area contributed by atoms with E-state index in [0.29, 0.717) is 16.3 Å². The number of carbonyl (C=O) groups excluding carboxylic acids is 2. The van der Waals surface area contributed by atoms with Crippen molar-refractivity contribution in [2.24, 2.45) is 0 Å². The molecule has 5 nitrogen and oxygen atoms in total. The number of nitrogens with zero attached hydrogens (tertiary/aromatic N) is 1. The number of aryl methyl sites for hydroxylation is 1. The van der Waals surface area contributed by atoms with E-state index < -0.39 is 0 Å². The smallest absolute Gasteiger partial charge is 0.274 e. The van der Waals surface area contributed by atoms with Crippen LogP contribution in [0.5, 0.6) is 0 Å². The van der Waals surface area contributed by atoms with Crippen molar-refractivity contribution in [1.29, 1.82) is 0 Å². The first kappa shape index (κ1) is 18.6. The van der Waals surface area contributed by atoms with Crippen molar-refractivity contribution in [3.05, 3.63) is 88.2 Å². The highest BCUT2D eigenvalue weighted by molar-refractivity contribution is 6.31. The van der Waals surface area contributed by atoms with Gasteiger partial charge in [-0.05, 0) is 61.4 Å². The Kier molecular flexibility index (Phi) is 5.52. The Balaban J connectivity index is 1.77. The van der Waals surface area contributed by atoms with Crippen molar-refractivity contribution in [2.45, 2.75) is 13.8 Å². The Bertz CT molecular complexity index is 1020. The molecule has 136 valence electrons. The van der Waals surface area contributed by atoms with E-state index in [9.17, 15) is 9.59 Å². The molecule has 0 bridgehead atoms. The molecule has 0 spiro atoms. The molecule has 2 N–H and O–H groups in total. The van der Waals surface area contributed by atoms with Crippen LogP contribution >= 0.6 is 11.6 Å². The standard InChI is InChI=1S/C21H18ClN3O2/c1-13-5-3-8-18(14(13)2)25-21(27)19-11-15(9-10-23-19)20(26)24-17-7-4-6-16(22)12-17/h3-12H,1-2H3,(H,24,26)(H,25,27). The minimum Gasteiger partial charge on any atom is -0.322 e. The third-order valence-corrected chi connectivity index (χ3v) is 4.43. The minimum absolute atomic E-state index is 0.162. The molecule has 6 heteroatoms. The Morgan fingerprint density at radius 2 is 1.70 bits per heavy atom. The molecule has 0 unspecified atom stereocenters. The number of hydrogen-bond donors (Lipinski definition) is 2. The summed E-state index contributed by atoms with van der Waals surface area (Å²) < 4.78 is 0. The molecule has 0 aliphatic carbocycles. The van der Waals surface area contributed by atoms with E-state index >= 15 is 0 Å². The van der Waals surface area contributed by atoms with E-state index in [2.05, 4.69) is 15.6 Å². The van der Waals surface area contributed by atoms with Crippen molar-refractivity contribution in [3.8, 4) is 0 Å². The van der Waals surface area contributed by atoms with Gasteiger partial charge in [0.1, 0.15) is 5.69 Å². The molecule has 0 aliphatic heterocycles. The highest BCUT2D eigenvalue weighted by atomic mass is 35.5. The predicted molar refractivity (Wildman–Crippen MR) is 108 cm³/mol. The van der Waals surface area contributed by atoms with E-state index in [1.165, 1.54) is 12.3 Å². The highest BCUT2D eigenvalue weighted by Gasteiger charge is 2.13. The Morgan fingerprint density at radius 3 is 2.48 bits per heavy atom. The zero-order valence-electron chi connectivity index (χ0n) is 14.9. The van der Waals surface area contributed by atoms with Gasteiger partial charge < -0.3 is 10.6 Å². The van der Waals surface area contributed by atoms with Gasteiger partial charge in [-0.1, -0.05) is 29.8 Å². The maximum atomic E-state index is 12.5. The maximum absolute atomic E-state index is 12.5. The van der Waals surface area contributed by atoms with Crippen molar-refractivity contribution < 1.29 is 9.59 Å².